The van der Waals surface area contributed by atoms with Gasteiger partial charge in [-0.2, -0.15) is 0 Å². The van der Waals surface area contributed by atoms with Gasteiger partial charge in [-0.15, -0.1) is 0 Å². The fourth-order valence-corrected chi connectivity index (χ4v) is 4.21. The number of amides is 2. The number of nitrogens with zero attached hydrogens (tertiary/aromatic N) is 4. The Hall–Kier alpha value is -6.44. The smallest absolute Gasteiger partial charge is 0.335 e. The van der Waals surface area contributed by atoms with Crippen molar-refractivity contribution < 1.29 is 47.7 Å². The minimum Gasteiger partial charge on any atom is -0.507 e. The molecule has 0 saturated carbocycles. The van der Waals surface area contributed by atoms with Crippen LogP contribution in [0.25, 0.3) is 39.6 Å². The molecular formula is C35H31F3N4O7. The van der Waals surface area contributed by atoms with E-state index in [1.165, 1.54) is 75.0 Å². The normalized spacial score (nSPS) is 10.1. The first-order valence-electron chi connectivity index (χ1n) is 14.2. The number of hydrogen-bond acceptors (Lipinski definition) is 6. The predicted octanol–water partition coefficient (Wildman–Crippen LogP) is 5.80. The molecule has 3 N–H and O–H groups in total. The standard InChI is InChI=1S/C29H17F3N2O5.2C3H7NO/c30-19-5-1-15(2-6-19)25-26(16-3-7-20(31)8-4-16)34(27(33-25)23-14-21(32)9-10-24(23)35)22-12-17(28(36)37)11-18(13-22)29(38)39;2*1-4(2)3-5/h1-14,35H,(H,36,37)(H,38,39);2*3H,1-2H3. The van der Waals surface area contributed by atoms with E-state index in [-0.39, 0.29) is 45.3 Å². The number of hydrogen-bond donors (Lipinski definition) is 3. The number of carbonyl (C=O) groups is 4. The van der Waals surface area contributed by atoms with Crippen molar-refractivity contribution in [3.05, 3.63) is 114 Å². The van der Waals surface area contributed by atoms with Crippen LogP contribution in [-0.2, 0) is 9.59 Å². The van der Waals surface area contributed by atoms with E-state index in [0.29, 0.717) is 11.1 Å². The molecule has 0 bridgehead atoms. The quantitative estimate of drug-likeness (QED) is 0.174. The molecule has 5 aromatic rings. The number of imidazole rings is 1. The topological polar surface area (TPSA) is 153 Å². The maximum absolute atomic E-state index is 14.4. The summed E-state index contributed by atoms with van der Waals surface area (Å²) in [6.45, 7) is 0. The van der Waals surface area contributed by atoms with Crippen LogP contribution >= 0.6 is 0 Å². The first-order valence-corrected chi connectivity index (χ1v) is 14.2. The van der Waals surface area contributed by atoms with E-state index in [4.69, 9.17) is 0 Å². The zero-order valence-electron chi connectivity index (χ0n) is 26.6. The van der Waals surface area contributed by atoms with Gasteiger partial charge in [0.15, 0.2) is 0 Å². The van der Waals surface area contributed by atoms with E-state index in [0.717, 1.165) is 37.1 Å². The Morgan fingerprint density at radius 3 is 1.53 bits per heavy atom. The number of rotatable bonds is 8. The lowest BCUT2D eigenvalue weighted by Crippen LogP contribution is -2.07. The third-order valence-corrected chi connectivity index (χ3v) is 6.40. The molecule has 0 radical (unpaired) electrons. The highest BCUT2D eigenvalue weighted by molar-refractivity contribution is 5.95. The van der Waals surface area contributed by atoms with Gasteiger partial charge in [-0.1, -0.05) is 0 Å². The number of carboxylic acids is 2. The van der Waals surface area contributed by atoms with E-state index in [2.05, 4.69) is 4.98 Å². The summed E-state index contributed by atoms with van der Waals surface area (Å²) < 4.78 is 43.4. The fourth-order valence-electron chi connectivity index (χ4n) is 4.21. The Labute approximate surface area is 278 Å². The maximum Gasteiger partial charge on any atom is 0.335 e. The summed E-state index contributed by atoms with van der Waals surface area (Å²) in [5.74, 6) is -5.04. The van der Waals surface area contributed by atoms with Crippen molar-refractivity contribution in [1.82, 2.24) is 19.4 Å². The Morgan fingerprint density at radius 1 is 0.673 bits per heavy atom. The first-order chi connectivity index (χ1) is 23.2. The van der Waals surface area contributed by atoms with Crippen molar-refractivity contribution in [2.75, 3.05) is 28.2 Å². The molecule has 0 aliphatic rings. The largest absolute Gasteiger partial charge is 0.507 e. The molecule has 0 aliphatic heterocycles. The van der Waals surface area contributed by atoms with Crippen LogP contribution in [0.2, 0.25) is 0 Å². The lowest BCUT2D eigenvalue weighted by molar-refractivity contribution is -0.116. The minimum atomic E-state index is -1.41. The van der Waals surface area contributed by atoms with E-state index in [9.17, 15) is 47.7 Å². The van der Waals surface area contributed by atoms with Gasteiger partial charge in [-0.25, -0.2) is 27.7 Å². The number of benzene rings is 4. The molecule has 1 aromatic heterocycles. The number of aromatic hydroxyl groups is 1. The third-order valence-electron chi connectivity index (χ3n) is 6.40. The molecule has 49 heavy (non-hydrogen) atoms. The lowest BCUT2D eigenvalue weighted by Gasteiger charge is -2.16. The second kappa shape index (κ2) is 16.4. The van der Waals surface area contributed by atoms with Crippen LogP contribution in [0.4, 0.5) is 13.2 Å². The zero-order chi connectivity index (χ0) is 36.4. The summed E-state index contributed by atoms with van der Waals surface area (Å²) in [5, 5.41) is 30.0. The summed E-state index contributed by atoms with van der Waals surface area (Å²) in [7, 11) is 6.75. The number of carboxylic acid groups (broad SMARTS) is 2. The van der Waals surface area contributed by atoms with Gasteiger partial charge in [0.05, 0.1) is 28.1 Å². The molecule has 0 saturated heterocycles. The van der Waals surface area contributed by atoms with Crippen LogP contribution in [-0.4, -0.2) is 87.6 Å². The highest BCUT2D eigenvalue weighted by atomic mass is 19.1. The summed E-state index contributed by atoms with van der Waals surface area (Å²) in [5.41, 5.74) is 0.359. The molecule has 4 aromatic carbocycles. The van der Waals surface area contributed by atoms with Gasteiger partial charge >= 0.3 is 11.9 Å². The highest BCUT2D eigenvalue weighted by Gasteiger charge is 2.26. The molecule has 0 unspecified atom stereocenters. The molecule has 0 spiro atoms. The van der Waals surface area contributed by atoms with E-state index >= 15 is 0 Å². The van der Waals surface area contributed by atoms with Crippen molar-refractivity contribution in [2.45, 2.75) is 0 Å². The Morgan fingerprint density at radius 2 is 1.10 bits per heavy atom. The molecule has 2 amide bonds. The molecule has 254 valence electrons. The molecule has 14 heteroatoms. The number of carbonyl (C=O) groups excluding carboxylic acids is 2. The molecule has 5 rings (SSSR count). The number of aromatic nitrogens is 2. The Bertz CT molecular complexity index is 1920. The Balaban J connectivity index is 0.000000571. The van der Waals surface area contributed by atoms with E-state index in [1.54, 1.807) is 28.2 Å². The monoisotopic (exact) mass is 676 g/mol. The van der Waals surface area contributed by atoms with Gasteiger partial charge in [0.2, 0.25) is 12.8 Å². The van der Waals surface area contributed by atoms with E-state index < -0.39 is 29.4 Å². The van der Waals surface area contributed by atoms with Gasteiger partial charge < -0.3 is 25.1 Å². The fraction of sp³-hybridized carbons (Fsp3) is 0.114. The summed E-state index contributed by atoms with van der Waals surface area (Å²) in [6, 6.07) is 16.9. The second-order valence-corrected chi connectivity index (χ2v) is 10.7. The van der Waals surface area contributed by atoms with Gasteiger partial charge in [0.25, 0.3) is 0 Å². The van der Waals surface area contributed by atoms with Crippen molar-refractivity contribution >= 4 is 24.8 Å². The zero-order valence-corrected chi connectivity index (χ0v) is 26.6. The highest BCUT2D eigenvalue weighted by Crippen LogP contribution is 2.41. The van der Waals surface area contributed by atoms with Crippen LogP contribution < -0.4 is 0 Å². The third kappa shape index (κ3) is 9.54. The van der Waals surface area contributed by atoms with Crippen LogP contribution in [0.3, 0.4) is 0 Å². The molecule has 0 fully saturated rings. The van der Waals surface area contributed by atoms with Crippen molar-refractivity contribution in [3.63, 3.8) is 0 Å². The number of phenols is 1. The van der Waals surface area contributed by atoms with Crippen LogP contribution in [0.15, 0.2) is 84.9 Å². The van der Waals surface area contributed by atoms with Gasteiger partial charge in [-0.3, -0.25) is 14.2 Å². The second-order valence-electron chi connectivity index (χ2n) is 10.7. The predicted molar refractivity (Wildman–Crippen MR) is 175 cm³/mol. The maximum atomic E-state index is 14.4. The van der Waals surface area contributed by atoms with Crippen LogP contribution in [0.5, 0.6) is 5.75 Å². The number of halogens is 3. The SMILES string of the molecule is CN(C)C=O.CN(C)C=O.O=C(O)c1cc(C(=O)O)cc(-n2c(-c3cc(F)ccc3O)nc(-c3ccc(F)cc3)c2-c2ccc(F)cc2)c1. The Kier molecular flexibility index (Phi) is 12.4. The van der Waals surface area contributed by atoms with Crippen molar-refractivity contribution in [3.8, 4) is 45.3 Å². The average Bonchev–Trinajstić information content (AvgIpc) is 3.47. The molecule has 0 atom stereocenters. The molecular weight excluding hydrogens is 645 g/mol. The first kappa shape index (κ1) is 37.0. The molecule has 1 heterocycles. The number of aromatic carboxylic acids is 2. The summed E-state index contributed by atoms with van der Waals surface area (Å²) in [4.78, 5) is 50.1. The molecule has 11 nitrogen and oxygen atoms in total. The minimum absolute atomic E-state index is 0.00569. The van der Waals surface area contributed by atoms with Crippen LogP contribution in [0, 0.1) is 17.5 Å². The van der Waals surface area contributed by atoms with Crippen molar-refractivity contribution in [1.29, 1.82) is 0 Å². The summed E-state index contributed by atoms with van der Waals surface area (Å²) >= 11 is 0. The van der Waals surface area contributed by atoms with Crippen LogP contribution in [0.1, 0.15) is 20.7 Å². The average molecular weight is 677 g/mol. The summed E-state index contributed by atoms with van der Waals surface area (Å²) in [6.07, 6.45) is 1.50. The van der Waals surface area contributed by atoms with Gasteiger partial charge in [0.1, 0.15) is 29.0 Å². The van der Waals surface area contributed by atoms with Crippen molar-refractivity contribution in [2.24, 2.45) is 0 Å². The van der Waals surface area contributed by atoms with E-state index in [1.807, 2.05) is 0 Å². The lowest BCUT2D eigenvalue weighted by atomic mass is 10.0. The number of phenolic OH excluding ortho intramolecular Hbond substituents is 1. The molecule has 0 aliphatic carbocycles. The van der Waals surface area contributed by atoms with Gasteiger partial charge in [0, 0.05) is 45.0 Å². The van der Waals surface area contributed by atoms with Gasteiger partial charge in [-0.05, 0) is 84.9 Å².